The van der Waals surface area contributed by atoms with Crippen molar-refractivity contribution >= 4 is 25.8 Å². The Balaban J connectivity index is 1.68. The number of ether oxygens (including phenoxy) is 2. The Kier molecular flexibility index (Phi) is 10.7. The molecule has 0 bridgehead atoms. The Bertz CT molecular complexity index is 2320. The van der Waals surface area contributed by atoms with Crippen molar-refractivity contribution < 1.29 is 35.4 Å². The number of hydrogen-bond acceptors (Lipinski definition) is 6. The van der Waals surface area contributed by atoms with Gasteiger partial charge in [0, 0.05) is 48.3 Å². The number of hydrogen-bond donors (Lipinski definition) is 2. The average molecular weight is 728 g/mol. The van der Waals surface area contributed by atoms with Crippen molar-refractivity contribution in [3.8, 4) is 11.5 Å². The standard InChI is InChI=1S/C41H42O8S2/c1-24-17-25(2)35(26(3)18-24)20-30-13-15-32(22-37(30)48-7)40(34-11-9-10-12-39(34)50(42,43)44)33-16-14-31(38(23-33)49-8)21-36-27(4)19-28(5)41(29(36)6)51(45,46)47/h9-19,22-23H,20-21H2,1-8H3,(H-,42,43,44,45,46,47)/p+1. The molecule has 0 aliphatic heterocycles. The summed E-state index contributed by atoms with van der Waals surface area (Å²) in [5.41, 5.74) is 11.1. The van der Waals surface area contributed by atoms with Gasteiger partial charge in [0.05, 0.1) is 24.7 Å². The number of methoxy groups -OCH3 is 2. The van der Waals surface area contributed by atoms with Gasteiger partial charge in [-0.3, -0.25) is 9.11 Å². The van der Waals surface area contributed by atoms with Crippen molar-refractivity contribution in [2.75, 3.05) is 14.2 Å². The zero-order valence-corrected chi connectivity index (χ0v) is 31.7. The molecular formula is C41H43O8S2+. The smallest absolute Gasteiger partial charge is 0.331 e. The maximum atomic E-state index is 12.7. The summed E-state index contributed by atoms with van der Waals surface area (Å²) in [6, 6.07) is 17.3. The summed E-state index contributed by atoms with van der Waals surface area (Å²) in [5.74, 6) is 1.10. The van der Waals surface area contributed by atoms with Gasteiger partial charge in [-0.1, -0.05) is 35.9 Å². The van der Waals surface area contributed by atoms with Crippen LogP contribution in [0.1, 0.15) is 66.8 Å². The third kappa shape index (κ3) is 7.84. The second kappa shape index (κ2) is 14.6. The van der Waals surface area contributed by atoms with E-state index >= 15 is 0 Å². The van der Waals surface area contributed by atoms with Crippen LogP contribution in [0.4, 0.5) is 0 Å². The molecule has 1 aliphatic carbocycles. The fourth-order valence-electron chi connectivity index (χ4n) is 7.21. The van der Waals surface area contributed by atoms with Gasteiger partial charge in [-0.25, -0.2) is 0 Å². The van der Waals surface area contributed by atoms with E-state index in [-0.39, 0.29) is 15.7 Å². The minimum Gasteiger partial charge on any atom is -0.496 e. The Morgan fingerprint density at radius 2 is 1.18 bits per heavy atom. The van der Waals surface area contributed by atoms with E-state index in [9.17, 15) is 25.9 Å². The van der Waals surface area contributed by atoms with Crippen LogP contribution in [0.2, 0.25) is 0 Å². The molecule has 51 heavy (non-hydrogen) atoms. The number of aryl methyl sites for hydroxylation is 5. The molecule has 0 spiro atoms. The molecule has 0 radical (unpaired) electrons. The van der Waals surface area contributed by atoms with Crippen molar-refractivity contribution in [2.45, 2.75) is 59.3 Å². The van der Waals surface area contributed by atoms with Crippen LogP contribution in [0.5, 0.6) is 11.5 Å². The first-order valence-corrected chi connectivity index (χ1v) is 19.2. The number of benzene rings is 4. The predicted molar refractivity (Wildman–Crippen MR) is 202 cm³/mol. The molecule has 1 aliphatic rings. The summed E-state index contributed by atoms with van der Waals surface area (Å²) in [6.07, 6.45) is 7.21. The second-order valence-electron chi connectivity index (χ2n) is 13.0. The van der Waals surface area contributed by atoms with Crippen molar-refractivity contribution in [3.63, 3.8) is 0 Å². The van der Waals surface area contributed by atoms with Crippen LogP contribution in [-0.2, 0) is 33.1 Å². The van der Waals surface area contributed by atoms with E-state index in [1.807, 2.05) is 37.3 Å². The van der Waals surface area contributed by atoms with Crippen molar-refractivity contribution in [1.29, 1.82) is 0 Å². The van der Waals surface area contributed by atoms with E-state index in [4.69, 9.17) is 9.47 Å². The highest BCUT2D eigenvalue weighted by molar-refractivity contribution is 7.89. The molecular weight excluding hydrogens is 685 g/mol. The molecule has 0 saturated carbocycles. The molecule has 0 heterocycles. The monoisotopic (exact) mass is 727 g/mol. The van der Waals surface area contributed by atoms with Crippen LogP contribution in [0.15, 0.2) is 89.4 Å². The van der Waals surface area contributed by atoms with Crippen molar-refractivity contribution in [1.82, 2.24) is 0 Å². The first-order valence-electron chi connectivity index (χ1n) is 16.4. The fraction of sp³-hybridized carbons (Fsp3) is 0.244. The molecule has 4 aromatic carbocycles. The van der Waals surface area contributed by atoms with Crippen LogP contribution in [0.3, 0.4) is 0 Å². The molecule has 0 aromatic heterocycles. The average Bonchev–Trinajstić information content (AvgIpc) is 3.04. The lowest BCUT2D eigenvalue weighted by Crippen LogP contribution is -2.14. The van der Waals surface area contributed by atoms with E-state index in [1.165, 1.54) is 35.4 Å². The number of allylic oxidation sites excluding steroid dienone is 3. The number of rotatable bonds is 10. The summed E-state index contributed by atoms with van der Waals surface area (Å²) in [4.78, 5) is -0.110. The first-order chi connectivity index (χ1) is 23.9. The lowest BCUT2D eigenvalue weighted by molar-refractivity contribution is 0.410. The minimum atomic E-state index is -4.62. The molecule has 8 nitrogen and oxygen atoms in total. The Morgan fingerprint density at radius 1 is 0.667 bits per heavy atom. The van der Waals surface area contributed by atoms with E-state index < -0.39 is 20.2 Å². The van der Waals surface area contributed by atoms with Gasteiger partial charge in [-0.05, 0) is 116 Å². The lowest BCUT2D eigenvalue weighted by atomic mass is 9.87. The molecule has 2 N–H and O–H groups in total. The highest BCUT2D eigenvalue weighted by atomic mass is 32.2. The summed E-state index contributed by atoms with van der Waals surface area (Å²) >= 11 is 0. The Labute approximate surface area is 301 Å². The maximum absolute atomic E-state index is 12.7. The van der Waals surface area contributed by atoms with E-state index in [0.29, 0.717) is 52.2 Å². The summed E-state index contributed by atoms with van der Waals surface area (Å²) in [5, 5.41) is -0.249. The minimum absolute atomic E-state index is 0.110. The topological polar surface area (TPSA) is 127 Å². The van der Waals surface area contributed by atoms with Gasteiger partial charge in [-0.15, -0.1) is 0 Å². The first kappa shape index (κ1) is 37.6. The highest BCUT2D eigenvalue weighted by Crippen LogP contribution is 2.41. The second-order valence-corrected chi connectivity index (χ2v) is 15.8. The summed E-state index contributed by atoms with van der Waals surface area (Å²) < 4.78 is 81.9. The van der Waals surface area contributed by atoms with Crippen LogP contribution >= 0.6 is 0 Å². The SMILES string of the molecule is COc1cc(C(=C2C=CC=C[C+]2S(=O)(=O)O)c2ccc(Cc3c(C)cc(C)c(S(=O)(=O)O)c3C)c(OC)c2)ccc1Cc1c(C)cc(C)cc1C. The molecule has 266 valence electrons. The quantitative estimate of drug-likeness (QED) is 0.123. The molecule has 0 saturated heterocycles. The zero-order valence-electron chi connectivity index (χ0n) is 30.1. The van der Waals surface area contributed by atoms with Crippen LogP contribution in [0.25, 0.3) is 5.57 Å². The fourth-order valence-corrected chi connectivity index (χ4v) is 8.89. The molecule has 10 heteroatoms. The van der Waals surface area contributed by atoms with Crippen molar-refractivity contribution in [2.24, 2.45) is 0 Å². The molecule has 0 atom stereocenters. The van der Waals surface area contributed by atoms with Crippen LogP contribution in [0, 0.1) is 46.8 Å². The zero-order chi connectivity index (χ0) is 37.4. The van der Waals surface area contributed by atoms with Gasteiger partial charge >= 0.3 is 10.1 Å². The third-order valence-corrected chi connectivity index (χ3v) is 11.5. The van der Waals surface area contributed by atoms with Gasteiger partial charge in [0.15, 0.2) is 5.25 Å². The third-order valence-electron chi connectivity index (χ3n) is 9.48. The maximum Gasteiger partial charge on any atom is 0.331 e. The normalized spacial score (nSPS) is 14.2. The Morgan fingerprint density at radius 3 is 1.67 bits per heavy atom. The van der Waals surface area contributed by atoms with Crippen molar-refractivity contribution in [3.05, 3.63) is 156 Å². The molecule has 5 rings (SSSR count). The molecule has 0 unspecified atom stereocenters. The van der Waals surface area contributed by atoms with E-state index in [1.54, 1.807) is 51.3 Å². The largest absolute Gasteiger partial charge is 0.496 e. The van der Waals surface area contributed by atoms with Gasteiger partial charge in [0.2, 0.25) is 0 Å². The lowest BCUT2D eigenvalue weighted by Gasteiger charge is -2.19. The van der Waals surface area contributed by atoms with E-state index in [2.05, 4.69) is 32.9 Å². The van der Waals surface area contributed by atoms with Gasteiger partial charge < -0.3 is 9.47 Å². The van der Waals surface area contributed by atoms with Gasteiger partial charge in [0.25, 0.3) is 10.1 Å². The molecule has 0 fully saturated rings. The molecule has 0 amide bonds. The summed E-state index contributed by atoms with van der Waals surface area (Å²) in [6.45, 7) is 11.5. The van der Waals surface area contributed by atoms with E-state index in [0.717, 1.165) is 22.3 Å². The van der Waals surface area contributed by atoms with Gasteiger partial charge in [0.1, 0.15) is 17.1 Å². The van der Waals surface area contributed by atoms with Gasteiger partial charge in [-0.2, -0.15) is 16.8 Å². The Hall–Kier alpha value is -4.61. The highest BCUT2D eigenvalue weighted by Gasteiger charge is 2.36. The van der Waals surface area contributed by atoms with Crippen LogP contribution < -0.4 is 9.47 Å². The molecule has 4 aromatic rings. The predicted octanol–water partition coefficient (Wildman–Crippen LogP) is 8.33. The summed E-state index contributed by atoms with van der Waals surface area (Å²) in [7, 11) is -5.94. The van der Waals surface area contributed by atoms with Crippen LogP contribution in [-0.4, -0.2) is 40.2 Å².